The molecule has 1 aliphatic carbocycles. The second kappa shape index (κ2) is 9.20. The van der Waals surface area contributed by atoms with Gasteiger partial charge in [0.25, 0.3) is 5.91 Å². The quantitative estimate of drug-likeness (QED) is 0.597. The minimum absolute atomic E-state index is 0.0939. The molecule has 2 aliphatic rings. The van der Waals surface area contributed by atoms with Crippen molar-refractivity contribution in [1.82, 2.24) is 20.5 Å². The van der Waals surface area contributed by atoms with Crippen LogP contribution in [0, 0.1) is 22.7 Å². The van der Waals surface area contributed by atoms with E-state index in [0.717, 1.165) is 35.9 Å². The highest BCUT2D eigenvalue weighted by atomic mass is 32.1. The van der Waals surface area contributed by atoms with E-state index >= 15 is 0 Å². The Morgan fingerprint density at radius 2 is 2.20 bits per heavy atom. The van der Waals surface area contributed by atoms with Crippen molar-refractivity contribution in [3.05, 3.63) is 45.9 Å². The summed E-state index contributed by atoms with van der Waals surface area (Å²) in [6, 6.07) is 9.29. The normalized spacial score (nSPS) is 16.8. The van der Waals surface area contributed by atoms with Gasteiger partial charge in [0, 0.05) is 36.6 Å². The van der Waals surface area contributed by atoms with Crippen LogP contribution in [0.3, 0.4) is 0 Å². The first-order chi connectivity index (χ1) is 14.7. The van der Waals surface area contributed by atoms with Crippen molar-refractivity contribution < 1.29 is 4.79 Å². The molecule has 3 N–H and O–H groups in total. The SMILES string of the molecule is N#Cc1ccc(-c2nc(C(=O)N3CCCNC3)sc2/C(C=N)=C/NCC2CC2)cc1. The molecule has 7 nitrogen and oxygen atoms in total. The lowest BCUT2D eigenvalue weighted by Gasteiger charge is -2.26. The van der Waals surface area contributed by atoms with Crippen molar-refractivity contribution in [2.45, 2.75) is 19.3 Å². The topological polar surface area (TPSA) is 105 Å². The number of amides is 1. The Kier molecular flexibility index (Phi) is 6.21. The molecule has 2 aromatic rings. The number of carbonyl (C=O) groups is 1. The highest BCUT2D eigenvalue weighted by Crippen LogP contribution is 2.34. The van der Waals surface area contributed by atoms with Gasteiger partial charge in [-0.3, -0.25) is 10.1 Å². The molecule has 0 radical (unpaired) electrons. The Bertz CT molecular complexity index is 994. The molecule has 1 aromatic carbocycles. The minimum atomic E-state index is -0.0939. The molecule has 0 bridgehead atoms. The molecular formula is C22H24N6OS. The first-order valence-corrected chi connectivity index (χ1v) is 11.0. The summed E-state index contributed by atoms with van der Waals surface area (Å²) >= 11 is 1.32. The number of carbonyl (C=O) groups excluding carboxylic acids is 1. The lowest BCUT2D eigenvalue weighted by Crippen LogP contribution is -2.44. The Morgan fingerprint density at radius 1 is 1.40 bits per heavy atom. The van der Waals surface area contributed by atoms with E-state index in [9.17, 15) is 4.79 Å². The summed E-state index contributed by atoms with van der Waals surface area (Å²) in [6.07, 6.45) is 6.57. The van der Waals surface area contributed by atoms with Crippen LogP contribution in [0.1, 0.15) is 39.5 Å². The van der Waals surface area contributed by atoms with E-state index in [-0.39, 0.29) is 5.91 Å². The zero-order chi connectivity index (χ0) is 20.9. The summed E-state index contributed by atoms with van der Waals surface area (Å²) in [6.45, 7) is 3.05. The minimum Gasteiger partial charge on any atom is -0.390 e. The molecule has 154 valence electrons. The van der Waals surface area contributed by atoms with Gasteiger partial charge in [-0.1, -0.05) is 12.1 Å². The van der Waals surface area contributed by atoms with Crippen LogP contribution in [0.5, 0.6) is 0 Å². The molecule has 1 saturated heterocycles. The molecular weight excluding hydrogens is 396 g/mol. The van der Waals surface area contributed by atoms with Crippen molar-refractivity contribution in [2.24, 2.45) is 5.92 Å². The fraction of sp³-hybridized carbons (Fsp3) is 0.364. The Morgan fingerprint density at radius 3 is 2.83 bits per heavy atom. The first kappa shape index (κ1) is 20.3. The highest BCUT2D eigenvalue weighted by Gasteiger charge is 2.25. The second-order valence-electron chi connectivity index (χ2n) is 7.56. The van der Waals surface area contributed by atoms with Crippen LogP contribution in [0.2, 0.25) is 0 Å². The average molecular weight is 421 g/mol. The molecule has 0 spiro atoms. The number of hydrogen-bond acceptors (Lipinski definition) is 7. The maximum Gasteiger partial charge on any atom is 0.283 e. The van der Waals surface area contributed by atoms with Crippen LogP contribution in [-0.2, 0) is 0 Å². The van der Waals surface area contributed by atoms with E-state index in [1.165, 1.54) is 30.4 Å². The third-order valence-corrected chi connectivity index (χ3v) is 6.34. The molecule has 1 saturated carbocycles. The van der Waals surface area contributed by atoms with Crippen LogP contribution >= 0.6 is 11.3 Å². The Labute approximate surface area is 179 Å². The largest absolute Gasteiger partial charge is 0.390 e. The van der Waals surface area contributed by atoms with Gasteiger partial charge in [0.05, 0.1) is 28.9 Å². The van der Waals surface area contributed by atoms with Crippen molar-refractivity contribution in [2.75, 3.05) is 26.3 Å². The second-order valence-corrected chi connectivity index (χ2v) is 8.56. The summed E-state index contributed by atoms with van der Waals surface area (Å²) in [4.78, 5) is 20.3. The number of allylic oxidation sites excluding steroid dienone is 1. The van der Waals surface area contributed by atoms with Crippen LogP contribution in [0.15, 0.2) is 30.5 Å². The van der Waals surface area contributed by atoms with Gasteiger partial charge < -0.3 is 15.6 Å². The van der Waals surface area contributed by atoms with Gasteiger partial charge in [0.1, 0.15) is 0 Å². The maximum absolute atomic E-state index is 13.0. The third kappa shape index (κ3) is 4.58. The van der Waals surface area contributed by atoms with Gasteiger partial charge in [-0.25, -0.2) is 4.98 Å². The van der Waals surface area contributed by atoms with Crippen LogP contribution in [0.4, 0.5) is 0 Å². The van der Waals surface area contributed by atoms with Gasteiger partial charge in [-0.05, 0) is 43.9 Å². The van der Waals surface area contributed by atoms with E-state index in [0.29, 0.717) is 35.1 Å². The first-order valence-electron chi connectivity index (χ1n) is 10.2. The number of rotatable bonds is 7. The van der Waals surface area contributed by atoms with Gasteiger partial charge in [0.15, 0.2) is 5.01 Å². The van der Waals surface area contributed by atoms with E-state index in [1.807, 2.05) is 18.3 Å². The number of nitrogens with one attached hydrogen (secondary N) is 3. The monoisotopic (exact) mass is 420 g/mol. The van der Waals surface area contributed by atoms with E-state index in [1.54, 1.807) is 17.0 Å². The molecule has 8 heteroatoms. The summed E-state index contributed by atoms with van der Waals surface area (Å²) in [5.41, 5.74) is 2.76. The van der Waals surface area contributed by atoms with Gasteiger partial charge in [-0.15, -0.1) is 11.3 Å². The zero-order valence-corrected chi connectivity index (χ0v) is 17.5. The molecule has 1 aliphatic heterocycles. The van der Waals surface area contributed by atoms with Crippen molar-refractivity contribution >= 4 is 29.0 Å². The third-order valence-electron chi connectivity index (χ3n) is 5.25. The smallest absolute Gasteiger partial charge is 0.283 e. The molecule has 1 amide bonds. The molecule has 0 unspecified atom stereocenters. The van der Waals surface area contributed by atoms with Crippen molar-refractivity contribution in [3.8, 4) is 17.3 Å². The summed E-state index contributed by atoms with van der Waals surface area (Å²) < 4.78 is 0. The fourth-order valence-corrected chi connectivity index (χ4v) is 4.37. The fourth-order valence-electron chi connectivity index (χ4n) is 3.33. The molecule has 2 heterocycles. The summed E-state index contributed by atoms with van der Waals surface area (Å²) in [7, 11) is 0. The molecule has 4 rings (SSSR count). The summed E-state index contributed by atoms with van der Waals surface area (Å²) in [5, 5.41) is 24.0. The lowest BCUT2D eigenvalue weighted by atomic mass is 10.1. The lowest BCUT2D eigenvalue weighted by molar-refractivity contribution is 0.0711. The maximum atomic E-state index is 13.0. The molecule has 1 aromatic heterocycles. The Balaban J connectivity index is 1.69. The van der Waals surface area contributed by atoms with Crippen LogP contribution in [0.25, 0.3) is 16.8 Å². The number of nitrogens with zero attached hydrogens (tertiary/aromatic N) is 3. The van der Waals surface area contributed by atoms with Crippen molar-refractivity contribution in [3.63, 3.8) is 0 Å². The predicted molar refractivity (Wildman–Crippen MR) is 118 cm³/mol. The average Bonchev–Trinajstić information content (AvgIpc) is 3.53. The predicted octanol–water partition coefficient (Wildman–Crippen LogP) is 3.06. The van der Waals surface area contributed by atoms with E-state index in [2.05, 4.69) is 21.7 Å². The number of aromatic nitrogens is 1. The highest BCUT2D eigenvalue weighted by molar-refractivity contribution is 7.15. The summed E-state index contributed by atoms with van der Waals surface area (Å²) in [5.74, 6) is 0.625. The zero-order valence-electron chi connectivity index (χ0n) is 16.6. The van der Waals surface area contributed by atoms with E-state index < -0.39 is 0 Å². The van der Waals surface area contributed by atoms with Crippen molar-refractivity contribution in [1.29, 1.82) is 10.7 Å². The number of benzene rings is 1. The van der Waals surface area contributed by atoms with Gasteiger partial charge in [0.2, 0.25) is 0 Å². The van der Waals surface area contributed by atoms with Gasteiger partial charge in [-0.2, -0.15) is 5.26 Å². The molecule has 2 fully saturated rings. The van der Waals surface area contributed by atoms with E-state index in [4.69, 9.17) is 10.7 Å². The Hall–Kier alpha value is -3.02. The number of hydrogen-bond donors (Lipinski definition) is 3. The molecule has 30 heavy (non-hydrogen) atoms. The number of thiazole rings is 1. The van der Waals surface area contributed by atoms with Gasteiger partial charge >= 0.3 is 0 Å². The van der Waals surface area contributed by atoms with Crippen LogP contribution in [-0.4, -0.2) is 48.3 Å². The molecule has 0 atom stereocenters. The number of nitriles is 1. The van der Waals surface area contributed by atoms with Crippen LogP contribution < -0.4 is 10.6 Å². The standard InChI is InChI=1S/C22H24N6OS/c23-10-15-4-6-17(7-5-15)19-20(18(11-24)13-26-12-16-2-3-16)30-21(27-19)22(29)28-9-1-8-25-14-28/h4-7,11,13,16,24-26H,1-3,8-9,12,14H2/b18-13+,24-11?.